The van der Waals surface area contributed by atoms with E-state index in [-0.39, 0.29) is 12.5 Å². The zero-order valence-corrected chi connectivity index (χ0v) is 18.7. The van der Waals surface area contributed by atoms with Gasteiger partial charge in [0.1, 0.15) is 18.5 Å². The van der Waals surface area contributed by atoms with Crippen molar-refractivity contribution in [2.45, 2.75) is 77.2 Å². The Bertz CT molecular complexity index is 555. The average molecular weight is 421 g/mol. The number of aliphatic carboxylic acids is 1. The predicted octanol–water partition coefficient (Wildman–Crippen LogP) is 5.81. The molecule has 0 saturated carbocycles. The molecule has 0 fully saturated rings. The van der Waals surface area contributed by atoms with Crippen molar-refractivity contribution in [1.29, 1.82) is 0 Å². The zero-order valence-electron chi connectivity index (χ0n) is 18.7. The number of aryl methyl sites for hydroxylation is 1. The Balaban J connectivity index is 2.31. The summed E-state index contributed by atoms with van der Waals surface area (Å²) in [6.07, 6.45) is 11.5. The van der Waals surface area contributed by atoms with Crippen LogP contribution in [-0.2, 0) is 20.7 Å². The molecule has 5 heteroatoms. The molecule has 0 aliphatic carbocycles. The third-order valence-corrected chi connectivity index (χ3v) is 4.86. The lowest BCUT2D eigenvalue weighted by molar-refractivity contribution is -0.137. The van der Waals surface area contributed by atoms with Crippen molar-refractivity contribution in [1.82, 2.24) is 0 Å². The Hall–Kier alpha value is -1.85. The standard InChI is InChI=1S/C25H40O5/c1-3-5-6-9-12-22-14-16-23(17-15-22)30-21-24(20-28-18-4-2)29-19-11-8-7-10-13-25(26)27/h4,14-17,24H,2-3,5-13,18-21H2,1H3,(H,26,27). The van der Waals surface area contributed by atoms with Crippen LogP contribution in [0.2, 0.25) is 0 Å². The third kappa shape index (κ3) is 14.2. The number of rotatable bonds is 20. The highest BCUT2D eigenvalue weighted by Gasteiger charge is 2.11. The first kappa shape index (κ1) is 26.2. The van der Waals surface area contributed by atoms with Gasteiger partial charge in [-0.15, -0.1) is 6.58 Å². The number of hydrogen-bond donors (Lipinski definition) is 1. The highest BCUT2D eigenvalue weighted by molar-refractivity contribution is 5.66. The molecule has 0 aliphatic heterocycles. The van der Waals surface area contributed by atoms with Gasteiger partial charge in [0.15, 0.2) is 0 Å². The van der Waals surface area contributed by atoms with Gasteiger partial charge in [0.05, 0.1) is 13.2 Å². The Morgan fingerprint density at radius 2 is 1.77 bits per heavy atom. The van der Waals surface area contributed by atoms with E-state index in [9.17, 15) is 4.79 Å². The summed E-state index contributed by atoms with van der Waals surface area (Å²) in [7, 11) is 0. The fourth-order valence-electron chi connectivity index (χ4n) is 3.11. The molecule has 0 amide bonds. The molecule has 0 spiro atoms. The quantitative estimate of drug-likeness (QED) is 0.213. The van der Waals surface area contributed by atoms with E-state index in [1.807, 2.05) is 12.1 Å². The number of benzene rings is 1. The second kappa shape index (κ2) is 18.0. The number of hydrogen-bond acceptors (Lipinski definition) is 4. The molecule has 0 radical (unpaired) electrons. The van der Waals surface area contributed by atoms with Crippen molar-refractivity contribution < 1.29 is 24.1 Å². The van der Waals surface area contributed by atoms with Crippen LogP contribution >= 0.6 is 0 Å². The van der Waals surface area contributed by atoms with Crippen molar-refractivity contribution >= 4 is 5.97 Å². The van der Waals surface area contributed by atoms with E-state index in [0.717, 1.165) is 37.9 Å². The molecule has 1 N–H and O–H groups in total. The minimum Gasteiger partial charge on any atom is -0.491 e. The summed E-state index contributed by atoms with van der Waals surface area (Å²) >= 11 is 0. The van der Waals surface area contributed by atoms with Crippen molar-refractivity contribution in [2.75, 3.05) is 26.4 Å². The molecule has 1 atom stereocenters. The van der Waals surface area contributed by atoms with E-state index in [1.165, 1.54) is 31.2 Å². The van der Waals surface area contributed by atoms with Gasteiger partial charge in [-0.05, 0) is 43.4 Å². The van der Waals surface area contributed by atoms with E-state index in [4.69, 9.17) is 19.3 Å². The predicted molar refractivity (Wildman–Crippen MR) is 121 cm³/mol. The van der Waals surface area contributed by atoms with Gasteiger partial charge in [0.25, 0.3) is 0 Å². The molecule has 1 aromatic rings. The van der Waals surface area contributed by atoms with Crippen LogP contribution in [0.25, 0.3) is 0 Å². The van der Waals surface area contributed by atoms with Crippen molar-refractivity contribution in [3.63, 3.8) is 0 Å². The Kier molecular flexibility index (Phi) is 15.7. The van der Waals surface area contributed by atoms with Gasteiger partial charge < -0.3 is 19.3 Å². The van der Waals surface area contributed by atoms with Gasteiger partial charge in [0.2, 0.25) is 0 Å². The normalized spacial score (nSPS) is 11.9. The van der Waals surface area contributed by atoms with Gasteiger partial charge in [0, 0.05) is 13.0 Å². The molecule has 5 nitrogen and oxygen atoms in total. The summed E-state index contributed by atoms with van der Waals surface area (Å²) in [4.78, 5) is 10.5. The highest BCUT2D eigenvalue weighted by Crippen LogP contribution is 2.15. The first-order valence-electron chi connectivity index (χ1n) is 11.4. The minimum absolute atomic E-state index is 0.141. The second-order valence-electron chi connectivity index (χ2n) is 7.64. The average Bonchev–Trinajstić information content (AvgIpc) is 2.74. The SMILES string of the molecule is C=CCOCC(COc1ccc(CCCCCC)cc1)OCCCCCCC(=O)O. The van der Waals surface area contributed by atoms with Gasteiger partial charge >= 0.3 is 5.97 Å². The number of carboxylic acid groups (broad SMARTS) is 1. The molecule has 30 heavy (non-hydrogen) atoms. The zero-order chi connectivity index (χ0) is 21.9. The lowest BCUT2D eigenvalue weighted by Crippen LogP contribution is -2.27. The topological polar surface area (TPSA) is 65.0 Å². The molecule has 0 bridgehead atoms. The molecule has 1 aromatic carbocycles. The molecule has 1 unspecified atom stereocenters. The molecule has 0 heterocycles. The largest absolute Gasteiger partial charge is 0.491 e. The molecule has 0 saturated heterocycles. The number of ether oxygens (including phenoxy) is 3. The van der Waals surface area contributed by atoms with Gasteiger partial charge in [-0.2, -0.15) is 0 Å². The molecule has 170 valence electrons. The van der Waals surface area contributed by atoms with Crippen molar-refractivity contribution in [2.24, 2.45) is 0 Å². The maximum Gasteiger partial charge on any atom is 0.303 e. The monoisotopic (exact) mass is 420 g/mol. The maximum atomic E-state index is 10.5. The fourth-order valence-corrected chi connectivity index (χ4v) is 3.11. The van der Waals surface area contributed by atoms with Gasteiger partial charge in [-0.1, -0.05) is 57.2 Å². The Morgan fingerprint density at radius 1 is 1.03 bits per heavy atom. The van der Waals surface area contributed by atoms with Crippen LogP contribution in [-0.4, -0.2) is 43.6 Å². The van der Waals surface area contributed by atoms with Crippen LogP contribution in [0, 0.1) is 0 Å². The Labute approximate surface area is 182 Å². The number of carboxylic acids is 1. The minimum atomic E-state index is -0.729. The highest BCUT2D eigenvalue weighted by atomic mass is 16.6. The van der Waals surface area contributed by atoms with E-state index in [0.29, 0.717) is 26.4 Å². The second-order valence-corrected chi connectivity index (χ2v) is 7.64. The van der Waals surface area contributed by atoms with Crippen LogP contribution in [0.1, 0.15) is 70.3 Å². The number of unbranched alkanes of at least 4 members (excludes halogenated alkanes) is 6. The third-order valence-electron chi connectivity index (χ3n) is 4.86. The summed E-state index contributed by atoms with van der Waals surface area (Å²) in [6.45, 7) is 7.90. The van der Waals surface area contributed by atoms with Gasteiger partial charge in [-0.25, -0.2) is 0 Å². The van der Waals surface area contributed by atoms with E-state index < -0.39 is 5.97 Å². The molecule has 1 rings (SSSR count). The molecular formula is C25H40O5. The summed E-state index contributed by atoms with van der Waals surface area (Å²) in [5.41, 5.74) is 1.35. The lowest BCUT2D eigenvalue weighted by atomic mass is 10.1. The van der Waals surface area contributed by atoms with Crippen LogP contribution in [0.15, 0.2) is 36.9 Å². The summed E-state index contributed by atoms with van der Waals surface area (Å²) in [5.74, 6) is 0.116. The lowest BCUT2D eigenvalue weighted by Gasteiger charge is -2.18. The van der Waals surface area contributed by atoms with Crippen LogP contribution in [0.3, 0.4) is 0 Å². The smallest absolute Gasteiger partial charge is 0.303 e. The first-order valence-corrected chi connectivity index (χ1v) is 11.4. The molecular weight excluding hydrogens is 380 g/mol. The van der Waals surface area contributed by atoms with E-state index >= 15 is 0 Å². The van der Waals surface area contributed by atoms with Gasteiger partial charge in [-0.3, -0.25) is 4.79 Å². The Morgan fingerprint density at radius 3 is 2.47 bits per heavy atom. The van der Waals surface area contributed by atoms with E-state index in [2.05, 4.69) is 25.6 Å². The fraction of sp³-hybridized carbons (Fsp3) is 0.640. The van der Waals surface area contributed by atoms with Crippen LogP contribution in [0.4, 0.5) is 0 Å². The molecule has 0 aromatic heterocycles. The number of carbonyl (C=O) groups is 1. The van der Waals surface area contributed by atoms with E-state index in [1.54, 1.807) is 6.08 Å². The summed E-state index contributed by atoms with van der Waals surface area (Å²) in [6, 6.07) is 8.34. The maximum absolute atomic E-state index is 10.5. The first-order chi connectivity index (χ1) is 14.7. The van der Waals surface area contributed by atoms with Crippen LogP contribution < -0.4 is 4.74 Å². The van der Waals surface area contributed by atoms with Crippen molar-refractivity contribution in [3.05, 3.63) is 42.5 Å². The summed E-state index contributed by atoms with van der Waals surface area (Å²) < 4.78 is 17.4. The van der Waals surface area contributed by atoms with Crippen LogP contribution in [0.5, 0.6) is 5.75 Å². The molecule has 0 aliphatic rings. The summed E-state index contributed by atoms with van der Waals surface area (Å²) in [5, 5.41) is 8.66. The van der Waals surface area contributed by atoms with Crippen molar-refractivity contribution in [3.8, 4) is 5.75 Å².